The van der Waals surface area contributed by atoms with Crippen molar-refractivity contribution in [2.75, 3.05) is 10.6 Å². The van der Waals surface area contributed by atoms with Crippen LogP contribution < -0.4 is 10.6 Å². The topological polar surface area (TPSA) is 83.0 Å². The van der Waals surface area contributed by atoms with Crippen LogP contribution in [0.5, 0.6) is 0 Å². The summed E-state index contributed by atoms with van der Waals surface area (Å²) in [5.41, 5.74) is 0.832. The fraction of sp³-hybridized carbons (Fsp3) is 0.562. The fourth-order valence-corrected chi connectivity index (χ4v) is 2.83. The summed E-state index contributed by atoms with van der Waals surface area (Å²) in [5.74, 6) is 1.46. The lowest BCUT2D eigenvalue weighted by atomic mass is 9.93. The molecular weight excluding hydrogens is 278 g/mol. The van der Waals surface area contributed by atoms with Crippen molar-refractivity contribution in [3.63, 3.8) is 0 Å². The van der Waals surface area contributed by atoms with Gasteiger partial charge in [-0.1, -0.05) is 0 Å². The molecule has 6 nitrogen and oxygen atoms in total. The summed E-state index contributed by atoms with van der Waals surface area (Å²) >= 11 is 0. The molecule has 0 radical (unpaired) electrons. The standard InChI is InChI=1S/C16H23N5O/c1-10(2)18-15-13-7-8-17-9-14(13)20-16(21-15)19-11-3-5-12(22)6-4-11/h7-12,22H,3-6H2,1-2H3,(H2,18,19,20,21). The van der Waals surface area contributed by atoms with Crippen LogP contribution in [0.2, 0.25) is 0 Å². The molecule has 6 heteroatoms. The van der Waals surface area contributed by atoms with E-state index in [1.54, 1.807) is 12.4 Å². The summed E-state index contributed by atoms with van der Waals surface area (Å²) in [6, 6.07) is 2.55. The zero-order chi connectivity index (χ0) is 15.5. The molecule has 118 valence electrons. The Morgan fingerprint density at radius 1 is 1.18 bits per heavy atom. The van der Waals surface area contributed by atoms with Crippen molar-refractivity contribution in [1.29, 1.82) is 0 Å². The summed E-state index contributed by atoms with van der Waals surface area (Å²) in [5, 5.41) is 17.4. The molecule has 0 saturated heterocycles. The highest BCUT2D eigenvalue weighted by Gasteiger charge is 2.20. The zero-order valence-electron chi connectivity index (χ0n) is 13.1. The van der Waals surface area contributed by atoms with E-state index in [0.717, 1.165) is 42.4 Å². The molecule has 3 N–H and O–H groups in total. The Morgan fingerprint density at radius 3 is 2.68 bits per heavy atom. The van der Waals surface area contributed by atoms with Gasteiger partial charge in [-0.15, -0.1) is 0 Å². The van der Waals surface area contributed by atoms with Gasteiger partial charge in [0.15, 0.2) is 0 Å². The molecule has 0 unspecified atom stereocenters. The van der Waals surface area contributed by atoms with Crippen LogP contribution in [-0.2, 0) is 0 Å². The zero-order valence-corrected chi connectivity index (χ0v) is 13.1. The lowest BCUT2D eigenvalue weighted by molar-refractivity contribution is 0.126. The van der Waals surface area contributed by atoms with Crippen LogP contribution in [-0.4, -0.2) is 38.2 Å². The second-order valence-corrected chi connectivity index (χ2v) is 6.24. The quantitative estimate of drug-likeness (QED) is 0.805. The third-order valence-corrected chi connectivity index (χ3v) is 3.95. The predicted molar refractivity (Wildman–Crippen MR) is 88.0 cm³/mol. The summed E-state index contributed by atoms with van der Waals surface area (Å²) < 4.78 is 0. The maximum absolute atomic E-state index is 9.60. The van der Waals surface area contributed by atoms with Crippen molar-refractivity contribution in [3.8, 4) is 0 Å². The van der Waals surface area contributed by atoms with Crippen LogP contribution in [0.3, 0.4) is 0 Å². The Labute approximate surface area is 130 Å². The van der Waals surface area contributed by atoms with Crippen molar-refractivity contribution in [2.45, 2.75) is 57.7 Å². The molecule has 0 aromatic carbocycles. The predicted octanol–water partition coefficient (Wildman–Crippen LogP) is 2.56. The molecule has 0 spiro atoms. The van der Waals surface area contributed by atoms with Gasteiger partial charge in [0.05, 0.1) is 17.8 Å². The Bertz CT molecular complexity index is 637. The molecule has 0 atom stereocenters. The number of aliphatic hydroxyl groups excluding tert-OH is 1. The number of hydrogen-bond donors (Lipinski definition) is 3. The van der Waals surface area contributed by atoms with E-state index in [2.05, 4.69) is 39.4 Å². The maximum Gasteiger partial charge on any atom is 0.225 e. The molecule has 1 aliphatic carbocycles. The van der Waals surface area contributed by atoms with Crippen molar-refractivity contribution in [3.05, 3.63) is 18.5 Å². The number of pyridine rings is 1. The van der Waals surface area contributed by atoms with Gasteiger partial charge in [0.25, 0.3) is 0 Å². The van der Waals surface area contributed by atoms with Crippen LogP contribution in [0.15, 0.2) is 18.5 Å². The van der Waals surface area contributed by atoms with Gasteiger partial charge < -0.3 is 15.7 Å². The van der Waals surface area contributed by atoms with Crippen LogP contribution in [0.1, 0.15) is 39.5 Å². The molecule has 1 aliphatic rings. The Morgan fingerprint density at radius 2 is 1.95 bits per heavy atom. The molecule has 0 amide bonds. The maximum atomic E-state index is 9.60. The molecule has 3 rings (SSSR count). The first kappa shape index (κ1) is 15.0. The van der Waals surface area contributed by atoms with Crippen LogP contribution in [0, 0.1) is 0 Å². The molecule has 22 heavy (non-hydrogen) atoms. The largest absolute Gasteiger partial charge is 0.393 e. The minimum atomic E-state index is -0.155. The highest BCUT2D eigenvalue weighted by molar-refractivity contribution is 5.89. The van der Waals surface area contributed by atoms with Crippen molar-refractivity contribution in [1.82, 2.24) is 15.0 Å². The molecular formula is C16H23N5O. The van der Waals surface area contributed by atoms with Crippen LogP contribution >= 0.6 is 0 Å². The van der Waals surface area contributed by atoms with E-state index in [1.807, 2.05) is 6.07 Å². The smallest absolute Gasteiger partial charge is 0.225 e. The molecule has 2 aromatic rings. The second kappa shape index (κ2) is 6.44. The van der Waals surface area contributed by atoms with Crippen molar-refractivity contribution >= 4 is 22.7 Å². The number of hydrogen-bond acceptors (Lipinski definition) is 6. The second-order valence-electron chi connectivity index (χ2n) is 6.24. The number of aliphatic hydroxyl groups is 1. The van der Waals surface area contributed by atoms with Gasteiger partial charge in [0.2, 0.25) is 5.95 Å². The molecule has 2 heterocycles. The lowest BCUT2D eigenvalue weighted by Gasteiger charge is -2.26. The van der Waals surface area contributed by atoms with Crippen molar-refractivity contribution < 1.29 is 5.11 Å². The van der Waals surface area contributed by atoms with Gasteiger partial charge in [-0.2, -0.15) is 4.98 Å². The number of nitrogens with one attached hydrogen (secondary N) is 2. The first-order valence-corrected chi connectivity index (χ1v) is 7.94. The Balaban J connectivity index is 1.86. The SMILES string of the molecule is CC(C)Nc1nc(NC2CCC(O)CC2)nc2cnccc12. The molecule has 0 bridgehead atoms. The van der Waals surface area contributed by atoms with Gasteiger partial charge >= 0.3 is 0 Å². The summed E-state index contributed by atoms with van der Waals surface area (Å²) in [4.78, 5) is 13.4. The van der Waals surface area contributed by atoms with Gasteiger partial charge in [0, 0.05) is 23.7 Å². The fourth-order valence-electron chi connectivity index (χ4n) is 2.83. The van der Waals surface area contributed by atoms with E-state index in [0.29, 0.717) is 18.0 Å². The van der Waals surface area contributed by atoms with E-state index in [1.165, 1.54) is 0 Å². The third-order valence-electron chi connectivity index (χ3n) is 3.95. The first-order valence-electron chi connectivity index (χ1n) is 7.94. The van der Waals surface area contributed by atoms with Crippen molar-refractivity contribution in [2.24, 2.45) is 0 Å². The van der Waals surface area contributed by atoms with Crippen LogP contribution in [0.4, 0.5) is 11.8 Å². The van der Waals surface area contributed by atoms with E-state index < -0.39 is 0 Å². The Kier molecular flexibility index (Phi) is 4.38. The lowest BCUT2D eigenvalue weighted by Crippen LogP contribution is -2.29. The molecule has 1 saturated carbocycles. The number of fused-ring (bicyclic) bond motifs is 1. The van der Waals surface area contributed by atoms with E-state index in [4.69, 9.17) is 0 Å². The Hall–Kier alpha value is -1.95. The number of anilines is 2. The van der Waals surface area contributed by atoms with Gasteiger partial charge in [0.1, 0.15) is 5.82 Å². The highest BCUT2D eigenvalue weighted by Crippen LogP contribution is 2.25. The number of aromatic nitrogens is 3. The average molecular weight is 301 g/mol. The molecule has 0 aliphatic heterocycles. The monoisotopic (exact) mass is 301 g/mol. The summed E-state index contributed by atoms with van der Waals surface area (Å²) in [7, 11) is 0. The third kappa shape index (κ3) is 3.44. The molecule has 1 fully saturated rings. The summed E-state index contributed by atoms with van der Waals surface area (Å²) in [6.45, 7) is 4.18. The van der Waals surface area contributed by atoms with Gasteiger partial charge in [-0.25, -0.2) is 4.98 Å². The van der Waals surface area contributed by atoms with E-state index >= 15 is 0 Å². The minimum absolute atomic E-state index is 0.155. The summed E-state index contributed by atoms with van der Waals surface area (Å²) in [6.07, 6.45) is 6.93. The number of rotatable bonds is 4. The van der Waals surface area contributed by atoms with E-state index in [-0.39, 0.29) is 6.10 Å². The first-order chi connectivity index (χ1) is 10.6. The van der Waals surface area contributed by atoms with Gasteiger partial charge in [-0.05, 0) is 45.6 Å². The van der Waals surface area contributed by atoms with Gasteiger partial charge in [-0.3, -0.25) is 4.98 Å². The molecule has 2 aromatic heterocycles. The highest BCUT2D eigenvalue weighted by atomic mass is 16.3. The average Bonchev–Trinajstić information content (AvgIpc) is 2.49. The minimum Gasteiger partial charge on any atom is -0.393 e. The van der Waals surface area contributed by atoms with E-state index in [9.17, 15) is 5.11 Å². The number of nitrogens with zero attached hydrogens (tertiary/aromatic N) is 3. The normalized spacial score (nSPS) is 22.0. The van der Waals surface area contributed by atoms with Crippen LogP contribution in [0.25, 0.3) is 10.9 Å².